The maximum atomic E-state index is 13.9. The Morgan fingerprint density at radius 1 is 1.32 bits per heavy atom. The number of benzene rings is 1. The lowest BCUT2D eigenvalue weighted by molar-refractivity contribution is 0.414. The number of tetrazole rings is 1. The third-order valence-corrected chi connectivity index (χ3v) is 2.71. The van der Waals surface area contributed by atoms with Crippen LogP contribution in [0.5, 0.6) is 0 Å². The Morgan fingerprint density at radius 2 is 2.05 bits per heavy atom. The molecule has 0 amide bonds. The topological polar surface area (TPSA) is 55.6 Å². The van der Waals surface area contributed by atoms with Crippen LogP contribution in [0.15, 0.2) is 18.2 Å². The van der Waals surface area contributed by atoms with E-state index in [4.69, 9.17) is 0 Å². The molecule has 0 radical (unpaired) electrons. The summed E-state index contributed by atoms with van der Waals surface area (Å²) >= 11 is 0. The normalized spacial score (nSPS) is 11.8. The monoisotopic (exact) mass is 263 g/mol. The summed E-state index contributed by atoms with van der Waals surface area (Å²) in [6, 6.07) is 4.91. The maximum absolute atomic E-state index is 13.9. The van der Waals surface area contributed by atoms with Gasteiger partial charge >= 0.3 is 0 Å². The molecule has 1 N–H and O–H groups in total. The quantitative estimate of drug-likeness (QED) is 0.920. The highest BCUT2D eigenvalue weighted by atomic mass is 19.1. The van der Waals surface area contributed by atoms with E-state index in [1.54, 1.807) is 6.07 Å². The van der Waals surface area contributed by atoms with Gasteiger partial charge in [-0.2, -0.15) is 4.68 Å². The Morgan fingerprint density at radius 3 is 2.68 bits per heavy atom. The highest BCUT2D eigenvalue weighted by Gasteiger charge is 2.16. The Hall–Kier alpha value is -1.82. The number of aryl methyl sites for hydroxylation is 1. The lowest BCUT2D eigenvalue weighted by atomic mass is 10.1. The van der Waals surface area contributed by atoms with Crippen LogP contribution in [0.25, 0.3) is 5.69 Å². The van der Waals surface area contributed by atoms with E-state index in [2.05, 4.69) is 41.6 Å². The standard InChI is InChI=1S/C13H18FN5/c1-9-6-5-7-10(14)12(9)19-11(16-17-18-19)8-15-13(2,3)4/h5-7,15H,8H2,1-4H3. The van der Waals surface area contributed by atoms with Crippen LogP contribution in [0.3, 0.4) is 0 Å². The van der Waals surface area contributed by atoms with Gasteiger partial charge in [0.25, 0.3) is 0 Å². The fourth-order valence-electron chi connectivity index (χ4n) is 1.73. The fraction of sp³-hybridized carbons (Fsp3) is 0.462. The van der Waals surface area contributed by atoms with E-state index < -0.39 is 0 Å². The summed E-state index contributed by atoms with van der Waals surface area (Å²) in [4.78, 5) is 0. The molecule has 1 aromatic carbocycles. The molecule has 0 aliphatic heterocycles. The van der Waals surface area contributed by atoms with Gasteiger partial charge in [-0.25, -0.2) is 4.39 Å². The van der Waals surface area contributed by atoms with E-state index in [1.807, 2.05) is 13.0 Å². The van der Waals surface area contributed by atoms with Crippen LogP contribution in [0, 0.1) is 12.7 Å². The summed E-state index contributed by atoms with van der Waals surface area (Å²) in [6.45, 7) is 8.46. The van der Waals surface area contributed by atoms with Crippen LogP contribution < -0.4 is 5.32 Å². The number of rotatable bonds is 3. The van der Waals surface area contributed by atoms with Crippen LogP contribution >= 0.6 is 0 Å². The van der Waals surface area contributed by atoms with Crippen LogP contribution in [0.1, 0.15) is 32.2 Å². The van der Waals surface area contributed by atoms with E-state index in [0.29, 0.717) is 18.1 Å². The number of halogens is 1. The summed E-state index contributed by atoms with van der Waals surface area (Å²) < 4.78 is 15.4. The van der Waals surface area contributed by atoms with E-state index in [9.17, 15) is 4.39 Å². The number of nitrogens with zero attached hydrogens (tertiary/aromatic N) is 4. The molecule has 1 heterocycles. The predicted molar refractivity (Wildman–Crippen MR) is 70.4 cm³/mol. The van der Waals surface area contributed by atoms with E-state index in [-0.39, 0.29) is 11.4 Å². The van der Waals surface area contributed by atoms with Crippen molar-refractivity contribution in [3.8, 4) is 5.69 Å². The molecule has 1 aromatic heterocycles. The number of para-hydroxylation sites is 1. The molecule has 102 valence electrons. The minimum atomic E-state index is -0.329. The predicted octanol–water partition coefficient (Wildman–Crippen LogP) is 2.00. The number of nitrogens with one attached hydrogen (secondary N) is 1. The molecular weight excluding hydrogens is 245 g/mol. The molecule has 0 bridgehead atoms. The van der Waals surface area contributed by atoms with Gasteiger partial charge in [-0.1, -0.05) is 12.1 Å². The molecule has 0 saturated heterocycles. The summed E-state index contributed by atoms with van der Waals surface area (Å²) in [6.07, 6.45) is 0. The molecule has 0 unspecified atom stereocenters. The smallest absolute Gasteiger partial charge is 0.170 e. The zero-order valence-corrected chi connectivity index (χ0v) is 11.6. The van der Waals surface area contributed by atoms with Gasteiger partial charge in [-0.05, 0) is 49.8 Å². The number of hydrogen-bond acceptors (Lipinski definition) is 4. The Bertz CT molecular complexity index is 550. The van der Waals surface area contributed by atoms with Gasteiger partial charge in [-0.15, -0.1) is 5.10 Å². The lowest BCUT2D eigenvalue weighted by Gasteiger charge is -2.20. The van der Waals surface area contributed by atoms with Crippen molar-refractivity contribution in [2.24, 2.45) is 0 Å². The molecule has 0 aliphatic rings. The molecule has 2 rings (SSSR count). The average Bonchev–Trinajstić information content (AvgIpc) is 2.73. The molecule has 5 nitrogen and oxygen atoms in total. The van der Waals surface area contributed by atoms with Crippen molar-refractivity contribution in [1.29, 1.82) is 0 Å². The highest BCUT2D eigenvalue weighted by molar-refractivity contribution is 5.41. The van der Waals surface area contributed by atoms with Gasteiger partial charge in [0, 0.05) is 5.54 Å². The van der Waals surface area contributed by atoms with Crippen molar-refractivity contribution in [2.45, 2.75) is 39.8 Å². The van der Waals surface area contributed by atoms with Crippen molar-refractivity contribution in [1.82, 2.24) is 25.5 Å². The van der Waals surface area contributed by atoms with Crippen LogP contribution in [-0.4, -0.2) is 25.7 Å². The highest BCUT2D eigenvalue weighted by Crippen LogP contribution is 2.18. The number of aromatic nitrogens is 4. The van der Waals surface area contributed by atoms with Crippen molar-refractivity contribution < 1.29 is 4.39 Å². The lowest BCUT2D eigenvalue weighted by Crippen LogP contribution is -2.36. The summed E-state index contributed by atoms with van der Waals surface area (Å²) in [7, 11) is 0. The fourth-order valence-corrected chi connectivity index (χ4v) is 1.73. The van der Waals surface area contributed by atoms with Crippen molar-refractivity contribution in [3.63, 3.8) is 0 Å². The van der Waals surface area contributed by atoms with Crippen molar-refractivity contribution in [2.75, 3.05) is 0 Å². The summed E-state index contributed by atoms with van der Waals surface area (Å²) in [5.41, 5.74) is 1.14. The van der Waals surface area contributed by atoms with Crippen LogP contribution in [0.4, 0.5) is 4.39 Å². The molecule has 0 spiro atoms. The van der Waals surface area contributed by atoms with Gasteiger partial charge < -0.3 is 5.32 Å². The molecule has 0 saturated carbocycles. The second-order valence-corrected chi connectivity index (χ2v) is 5.52. The molecule has 0 atom stereocenters. The molecule has 0 aliphatic carbocycles. The summed E-state index contributed by atoms with van der Waals surface area (Å²) in [5.74, 6) is 0.257. The second kappa shape index (κ2) is 5.05. The molecule has 0 fully saturated rings. The van der Waals surface area contributed by atoms with E-state index in [0.717, 1.165) is 5.56 Å². The minimum absolute atomic E-state index is 0.0545. The molecule has 2 aromatic rings. The van der Waals surface area contributed by atoms with Crippen molar-refractivity contribution in [3.05, 3.63) is 35.4 Å². The zero-order chi connectivity index (χ0) is 14.0. The van der Waals surface area contributed by atoms with Crippen LogP contribution in [0.2, 0.25) is 0 Å². The van der Waals surface area contributed by atoms with Gasteiger partial charge in [0.1, 0.15) is 11.5 Å². The van der Waals surface area contributed by atoms with Crippen LogP contribution in [-0.2, 0) is 6.54 Å². The first kappa shape index (κ1) is 13.6. The van der Waals surface area contributed by atoms with Gasteiger partial charge in [-0.3, -0.25) is 0 Å². The average molecular weight is 263 g/mol. The zero-order valence-electron chi connectivity index (χ0n) is 11.6. The van der Waals surface area contributed by atoms with Crippen molar-refractivity contribution >= 4 is 0 Å². The second-order valence-electron chi connectivity index (χ2n) is 5.52. The molecular formula is C13H18FN5. The van der Waals surface area contributed by atoms with Gasteiger partial charge in [0.05, 0.1) is 6.54 Å². The molecule has 19 heavy (non-hydrogen) atoms. The first-order valence-electron chi connectivity index (χ1n) is 6.16. The maximum Gasteiger partial charge on any atom is 0.170 e. The van der Waals surface area contributed by atoms with E-state index >= 15 is 0 Å². The SMILES string of the molecule is Cc1cccc(F)c1-n1nnnc1CNC(C)(C)C. The largest absolute Gasteiger partial charge is 0.305 e. The minimum Gasteiger partial charge on any atom is -0.305 e. The third kappa shape index (κ3) is 3.14. The first-order valence-corrected chi connectivity index (χ1v) is 6.16. The first-order chi connectivity index (χ1) is 8.88. The van der Waals surface area contributed by atoms with Gasteiger partial charge in [0.2, 0.25) is 0 Å². The third-order valence-electron chi connectivity index (χ3n) is 2.71. The Balaban J connectivity index is 2.34. The Kier molecular flexibility index (Phi) is 3.61. The molecule has 6 heteroatoms. The van der Waals surface area contributed by atoms with E-state index in [1.165, 1.54) is 10.7 Å². The van der Waals surface area contributed by atoms with Gasteiger partial charge in [0.15, 0.2) is 5.82 Å². The number of hydrogen-bond donors (Lipinski definition) is 1. The Labute approximate surface area is 111 Å². The summed E-state index contributed by atoms with van der Waals surface area (Å²) in [5, 5.41) is 14.8.